The first-order valence-corrected chi connectivity index (χ1v) is 6.96. The number of carbonyl (C=O) groups excluding carboxylic acids is 1. The minimum Gasteiger partial charge on any atom is -0.392 e. The molecule has 0 aromatic rings. The van der Waals surface area contributed by atoms with Crippen molar-refractivity contribution in [3.05, 3.63) is 0 Å². The molecule has 5 heteroatoms. The highest BCUT2D eigenvalue weighted by Gasteiger charge is 2.40. The van der Waals surface area contributed by atoms with Crippen LogP contribution in [0.25, 0.3) is 0 Å². The molecule has 0 aliphatic carbocycles. The van der Waals surface area contributed by atoms with E-state index < -0.39 is 5.41 Å². The van der Waals surface area contributed by atoms with Crippen LogP contribution in [0.3, 0.4) is 0 Å². The van der Waals surface area contributed by atoms with E-state index in [0.29, 0.717) is 23.5 Å². The summed E-state index contributed by atoms with van der Waals surface area (Å²) < 4.78 is 0. The van der Waals surface area contributed by atoms with Gasteiger partial charge in [-0.2, -0.15) is 0 Å². The Balaban J connectivity index is 2.88. The minimum absolute atomic E-state index is 0.0734. The summed E-state index contributed by atoms with van der Waals surface area (Å²) in [6, 6.07) is 0.732. The van der Waals surface area contributed by atoms with E-state index in [2.05, 4.69) is 25.8 Å². The first-order chi connectivity index (χ1) is 8.24. The minimum atomic E-state index is -0.704. The van der Waals surface area contributed by atoms with Gasteiger partial charge in [0.2, 0.25) is 5.91 Å². The first-order valence-electron chi connectivity index (χ1n) is 6.55. The van der Waals surface area contributed by atoms with Crippen molar-refractivity contribution in [2.45, 2.75) is 46.2 Å². The highest BCUT2D eigenvalue weighted by atomic mass is 32.1. The van der Waals surface area contributed by atoms with E-state index in [4.69, 9.17) is 18.0 Å². The predicted octanol–water partition coefficient (Wildman–Crippen LogP) is 1.24. The number of amides is 1. The van der Waals surface area contributed by atoms with Crippen LogP contribution < -0.4 is 5.73 Å². The zero-order valence-electron chi connectivity index (χ0n) is 12.1. The fraction of sp³-hybridized carbons (Fsp3) is 0.846. The maximum atomic E-state index is 12.6. The Morgan fingerprint density at radius 1 is 1.39 bits per heavy atom. The first kappa shape index (κ1) is 15.4. The Morgan fingerprint density at radius 2 is 1.83 bits per heavy atom. The topological polar surface area (TPSA) is 49.6 Å². The summed E-state index contributed by atoms with van der Waals surface area (Å²) in [6.07, 6.45) is 0.649. The van der Waals surface area contributed by atoms with Crippen LogP contribution in [0.5, 0.6) is 0 Å². The lowest BCUT2D eigenvalue weighted by Crippen LogP contribution is -2.60. The molecule has 4 nitrogen and oxygen atoms in total. The number of rotatable bonds is 3. The van der Waals surface area contributed by atoms with Crippen LogP contribution in [0.1, 0.15) is 34.1 Å². The highest BCUT2D eigenvalue weighted by molar-refractivity contribution is 7.80. The molecule has 0 bridgehead atoms. The molecule has 0 aromatic carbocycles. The third-order valence-corrected chi connectivity index (χ3v) is 4.82. The molecule has 3 unspecified atom stereocenters. The fourth-order valence-corrected chi connectivity index (χ4v) is 2.58. The van der Waals surface area contributed by atoms with Crippen LogP contribution >= 0.6 is 12.2 Å². The van der Waals surface area contributed by atoms with Gasteiger partial charge in [0.25, 0.3) is 0 Å². The SMILES string of the molecule is CCC(C)(C(=O)N1CC(C)N(C)C(C)C1)C(N)=S. The zero-order valence-corrected chi connectivity index (χ0v) is 12.9. The number of hydrogen-bond acceptors (Lipinski definition) is 3. The van der Waals surface area contributed by atoms with E-state index in [1.165, 1.54) is 0 Å². The van der Waals surface area contributed by atoms with Crippen LogP contribution in [0, 0.1) is 5.41 Å². The van der Waals surface area contributed by atoms with Crippen LogP contribution in [-0.4, -0.2) is 52.9 Å². The summed E-state index contributed by atoms with van der Waals surface area (Å²) in [5.41, 5.74) is 5.06. The Labute approximate surface area is 115 Å². The van der Waals surface area contributed by atoms with Crippen LogP contribution in [-0.2, 0) is 4.79 Å². The average molecular weight is 271 g/mol. The van der Waals surface area contributed by atoms with E-state index >= 15 is 0 Å². The molecule has 1 amide bonds. The molecule has 0 spiro atoms. The van der Waals surface area contributed by atoms with Crippen molar-refractivity contribution in [2.75, 3.05) is 20.1 Å². The molecule has 2 N–H and O–H groups in total. The summed E-state index contributed by atoms with van der Waals surface area (Å²) >= 11 is 5.08. The normalized spacial score (nSPS) is 28.8. The van der Waals surface area contributed by atoms with Crippen molar-refractivity contribution < 1.29 is 4.79 Å². The third-order valence-electron chi connectivity index (χ3n) is 4.37. The number of piperazine rings is 1. The smallest absolute Gasteiger partial charge is 0.235 e. The number of nitrogens with zero attached hydrogens (tertiary/aromatic N) is 2. The quantitative estimate of drug-likeness (QED) is 0.785. The van der Waals surface area contributed by atoms with Crippen LogP contribution in [0.2, 0.25) is 0 Å². The average Bonchev–Trinajstić information content (AvgIpc) is 2.33. The number of hydrogen-bond donors (Lipinski definition) is 1. The summed E-state index contributed by atoms with van der Waals surface area (Å²) in [5, 5.41) is 0. The third kappa shape index (κ3) is 2.67. The molecule has 1 saturated heterocycles. The van der Waals surface area contributed by atoms with Gasteiger partial charge >= 0.3 is 0 Å². The van der Waals surface area contributed by atoms with Gasteiger partial charge in [-0.3, -0.25) is 9.69 Å². The molecule has 1 aliphatic rings. The van der Waals surface area contributed by atoms with Gasteiger partial charge < -0.3 is 10.6 Å². The molecular formula is C13H25N3OS. The van der Waals surface area contributed by atoms with Gasteiger partial charge in [0.05, 0.1) is 10.4 Å². The molecule has 0 aromatic heterocycles. The number of carbonyl (C=O) groups is 1. The Bertz CT molecular complexity index is 335. The molecule has 0 radical (unpaired) electrons. The van der Waals surface area contributed by atoms with Crippen molar-refractivity contribution in [3.63, 3.8) is 0 Å². The van der Waals surface area contributed by atoms with Crippen molar-refractivity contribution in [3.8, 4) is 0 Å². The zero-order chi connectivity index (χ0) is 14.1. The Hall–Kier alpha value is -0.680. The lowest BCUT2D eigenvalue weighted by atomic mass is 9.85. The van der Waals surface area contributed by atoms with Gasteiger partial charge in [0, 0.05) is 25.2 Å². The molecule has 3 atom stereocenters. The Kier molecular flexibility index (Phi) is 4.72. The maximum absolute atomic E-state index is 12.6. The van der Waals surface area contributed by atoms with E-state index in [9.17, 15) is 4.79 Å². The van der Waals surface area contributed by atoms with Gasteiger partial charge in [-0.05, 0) is 34.2 Å². The summed E-state index contributed by atoms with van der Waals surface area (Å²) in [6.45, 7) is 9.58. The fourth-order valence-electron chi connectivity index (χ4n) is 2.35. The highest BCUT2D eigenvalue weighted by Crippen LogP contribution is 2.27. The van der Waals surface area contributed by atoms with Gasteiger partial charge in [0.15, 0.2) is 0 Å². The second-order valence-corrected chi connectivity index (χ2v) is 6.06. The maximum Gasteiger partial charge on any atom is 0.235 e. The predicted molar refractivity (Wildman–Crippen MR) is 78.5 cm³/mol. The van der Waals surface area contributed by atoms with Crippen molar-refractivity contribution in [2.24, 2.45) is 11.1 Å². The lowest BCUT2D eigenvalue weighted by Gasteiger charge is -2.45. The molecule has 1 aliphatic heterocycles. The molecule has 1 rings (SSSR count). The molecule has 0 saturated carbocycles. The monoisotopic (exact) mass is 271 g/mol. The van der Waals surface area contributed by atoms with Crippen LogP contribution in [0.15, 0.2) is 0 Å². The summed E-state index contributed by atoms with van der Waals surface area (Å²) in [5.74, 6) is 0.0734. The standard InChI is InChI=1S/C13H25N3OS/c1-6-13(4,11(14)18)12(17)16-7-9(2)15(5)10(3)8-16/h9-10H,6-8H2,1-5H3,(H2,14,18). The lowest BCUT2D eigenvalue weighted by molar-refractivity contribution is -0.141. The number of thiocarbonyl (C=S) groups is 1. The van der Waals surface area contributed by atoms with Gasteiger partial charge in [-0.1, -0.05) is 19.1 Å². The number of likely N-dealkylation sites (N-methyl/N-ethyl adjacent to an activating group) is 1. The summed E-state index contributed by atoms with van der Waals surface area (Å²) in [4.78, 5) is 17.1. The number of nitrogens with two attached hydrogens (primary N) is 1. The Morgan fingerprint density at radius 3 is 2.17 bits per heavy atom. The van der Waals surface area contributed by atoms with Crippen molar-refractivity contribution in [1.29, 1.82) is 0 Å². The molecule has 18 heavy (non-hydrogen) atoms. The largest absolute Gasteiger partial charge is 0.392 e. The van der Waals surface area contributed by atoms with Crippen molar-refractivity contribution in [1.82, 2.24) is 9.80 Å². The summed E-state index contributed by atoms with van der Waals surface area (Å²) in [7, 11) is 2.10. The molecule has 104 valence electrons. The second kappa shape index (κ2) is 5.53. The van der Waals surface area contributed by atoms with E-state index in [1.54, 1.807) is 0 Å². The van der Waals surface area contributed by atoms with Gasteiger partial charge in [-0.25, -0.2) is 0 Å². The van der Waals surface area contributed by atoms with E-state index in [1.807, 2.05) is 18.7 Å². The second-order valence-electron chi connectivity index (χ2n) is 5.62. The van der Waals surface area contributed by atoms with E-state index in [-0.39, 0.29) is 5.91 Å². The van der Waals surface area contributed by atoms with E-state index in [0.717, 1.165) is 13.1 Å². The molecule has 1 heterocycles. The molecule has 1 fully saturated rings. The van der Waals surface area contributed by atoms with Gasteiger partial charge in [0.1, 0.15) is 0 Å². The van der Waals surface area contributed by atoms with Gasteiger partial charge in [-0.15, -0.1) is 0 Å². The van der Waals surface area contributed by atoms with Crippen LogP contribution in [0.4, 0.5) is 0 Å². The van der Waals surface area contributed by atoms with Crippen molar-refractivity contribution >= 4 is 23.1 Å². The molecular weight excluding hydrogens is 246 g/mol.